The minimum Gasteiger partial charge on any atom is -0.423 e. The highest BCUT2D eigenvalue weighted by molar-refractivity contribution is 5.91. The molecule has 0 spiro atoms. The van der Waals surface area contributed by atoms with Gasteiger partial charge in [-0.2, -0.15) is 0 Å². The summed E-state index contributed by atoms with van der Waals surface area (Å²) in [5.74, 6) is -0.552. The molecule has 5 nitrogen and oxygen atoms in total. The maximum Gasteiger partial charge on any atom is 0.345 e. The van der Waals surface area contributed by atoms with Gasteiger partial charge in [0.05, 0.1) is 5.56 Å². The van der Waals surface area contributed by atoms with Crippen LogP contribution in [0, 0.1) is 12.7 Å². The third-order valence-corrected chi connectivity index (χ3v) is 2.87. The number of fused-ring (bicyclic) bond motifs is 1. The number of ether oxygens (including phenoxy) is 1. The highest BCUT2D eigenvalue weighted by atomic mass is 19.1. The van der Waals surface area contributed by atoms with Gasteiger partial charge in [-0.3, -0.25) is 4.40 Å². The Morgan fingerprint density at radius 1 is 1.30 bits per heavy atom. The van der Waals surface area contributed by atoms with Gasteiger partial charge in [0.2, 0.25) is 0 Å². The number of esters is 1. The number of aromatic nitrogens is 3. The summed E-state index contributed by atoms with van der Waals surface area (Å²) in [6, 6.07) is 7.26. The zero-order valence-corrected chi connectivity index (χ0v) is 10.6. The lowest BCUT2D eigenvalue weighted by molar-refractivity contribution is 0.0733. The van der Waals surface area contributed by atoms with E-state index in [1.54, 1.807) is 29.7 Å². The van der Waals surface area contributed by atoms with Crippen molar-refractivity contribution in [3.05, 3.63) is 59.8 Å². The first-order chi connectivity index (χ1) is 9.63. The second-order valence-electron chi connectivity index (χ2n) is 4.31. The van der Waals surface area contributed by atoms with Gasteiger partial charge in [-0.1, -0.05) is 0 Å². The van der Waals surface area contributed by atoms with E-state index < -0.39 is 5.97 Å². The van der Waals surface area contributed by atoms with E-state index in [1.165, 1.54) is 24.5 Å². The second kappa shape index (κ2) is 4.73. The number of halogens is 1. The molecule has 0 radical (unpaired) electrons. The van der Waals surface area contributed by atoms with Crippen molar-refractivity contribution in [3.63, 3.8) is 0 Å². The molecule has 0 atom stereocenters. The fraction of sp³-hybridized carbons (Fsp3) is 0.0714. The van der Waals surface area contributed by atoms with Crippen LogP contribution < -0.4 is 4.74 Å². The van der Waals surface area contributed by atoms with E-state index in [0.717, 1.165) is 0 Å². The van der Waals surface area contributed by atoms with Crippen LogP contribution >= 0.6 is 0 Å². The van der Waals surface area contributed by atoms with Crippen molar-refractivity contribution in [1.29, 1.82) is 0 Å². The number of hydrogen-bond acceptors (Lipinski definition) is 4. The lowest BCUT2D eigenvalue weighted by atomic mass is 10.2. The molecule has 1 aromatic carbocycles. The van der Waals surface area contributed by atoms with Gasteiger partial charge in [0.25, 0.3) is 0 Å². The van der Waals surface area contributed by atoms with Crippen LogP contribution in [-0.4, -0.2) is 20.6 Å². The van der Waals surface area contributed by atoms with E-state index in [2.05, 4.69) is 10.2 Å². The molecule has 0 saturated carbocycles. The summed E-state index contributed by atoms with van der Waals surface area (Å²) in [6.07, 6.45) is 3.08. The molecule has 0 aliphatic heterocycles. The standard InChI is InChI=1S/C14H10FN3O2/c1-9-6-11(15)3-4-12(9)20-14(19)10-2-5-13-17-16-8-18(13)7-10/h2-8H,1H3. The predicted molar refractivity (Wildman–Crippen MR) is 69.1 cm³/mol. The molecule has 3 rings (SSSR count). The Hall–Kier alpha value is -2.76. The average molecular weight is 271 g/mol. The number of pyridine rings is 1. The van der Waals surface area contributed by atoms with Crippen molar-refractivity contribution in [2.75, 3.05) is 0 Å². The van der Waals surface area contributed by atoms with Crippen LogP contribution in [0.25, 0.3) is 5.65 Å². The third kappa shape index (κ3) is 2.23. The summed E-state index contributed by atoms with van der Waals surface area (Å²) in [7, 11) is 0. The molecule has 0 aliphatic rings. The summed E-state index contributed by atoms with van der Waals surface area (Å²) >= 11 is 0. The summed E-state index contributed by atoms with van der Waals surface area (Å²) in [5, 5.41) is 7.57. The van der Waals surface area contributed by atoms with Crippen molar-refractivity contribution in [2.45, 2.75) is 6.92 Å². The molecule has 2 heterocycles. The zero-order valence-electron chi connectivity index (χ0n) is 10.6. The largest absolute Gasteiger partial charge is 0.423 e. The van der Waals surface area contributed by atoms with Crippen LogP contribution in [0.2, 0.25) is 0 Å². The highest BCUT2D eigenvalue weighted by Crippen LogP contribution is 2.19. The highest BCUT2D eigenvalue weighted by Gasteiger charge is 2.11. The first-order valence-electron chi connectivity index (χ1n) is 5.91. The van der Waals surface area contributed by atoms with E-state index in [1.807, 2.05) is 0 Å². The normalized spacial score (nSPS) is 10.7. The van der Waals surface area contributed by atoms with E-state index in [4.69, 9.17) is 4.74 Å². The topological polar surface area (TPSA) is 56.5 Å². The first kappa shape index (κ1) is 12.3. The van der Waals surface area contributed by atoms with Gasteiger partial charge in [-0.15, -0.1) is 10.2 Å². The van der Waals surface area contributed by atoms with Gasteiger partial charge in [0.15, 0.2) is 5.65 Å². The summed E-state index contributed by atoms with van der Waals surface area (Å²) in [4.78, 5) is 12.0. The quantitative estimate of drug-likeness (QED) is 0.530. The number of carbonyl (C=O) groups excluding carboxylic acids is 1. The van der Waals surface area contributed by atoms with Crippen LogP contribution in [0.15, 0.2) is 42.9 Å². The van der Waals surface area contributed by atoms with Gasteiger partial charge in [-0.25, -0.2) is 9.18 Å². The number of carbonyl (C=O) groups is 1. The molecule has 0 N–H and O–H groups in total. The van der Waals surface area contributed by atoms with Crippen LogP contribution in [0.5, 0.6) is 5.75 Å². The van der Waals surface area contributed by atoms with E-state index >= 15 is 0 Å². The van der Waals surface area contributed by atoms with Crippen LogP contribution in [0.3, 0.4) is 0 Å². The van der Waals surface area contributed by atoms with Crippen LogP contribution in [0.1, 0.15) is 15.9 Å². The van der Waals surface area contributed by atoms with Crippen molar-refractivity contribution >= 4 is 11.6 Å². The monoisotopic (exact) mass is 271 g/mol. The molecular weight excluding hydrogens is 261 g/mol. The summed E-state index contributed by atoms with van der Waals surface area (Å²) in [6.45, 7) is 1.68. The molecule has 0 bridgehead atoms. The summed E-state index contributed by atoms with van der Waals surface area (Å²) in [5.41, 5.74) is 1.56. The molecule has 0 fully saturated rings. The van der Waals surface area contributed by atoms with Gasteiger partial charge < -0.3 is 4.74 Å². The number of rotatable bonds is 2. The van der Waals surface area contributed by atoms with Crippen molar-refractivity contribution in [2.24, 2.45) is 0 Å². The Kier molecular flexibility index (Phi) is 2.90. The van der Waals surface area contributed by atoms with E-state index in [-0.39, 0.29) is 5.82 Å². The molecule has 0 unspecified atom stereocenters. The number of nitrogens with zero attached hydrogens (tertiary/aromatic N) is 3. The Bertz CT molecular complexity index is 798. The van der Waals surface area contributed by atoms with Crippen LogP contribution in [-0.2, 0) is 0 Å². The Morgan fingerprint density at radius 3 is 2.95 bits per heavy atom. The fourth-order valence-electron chi connectivity index (χ4n) is 1.83. The van der Waals surface area contributed by atoms with E-state index in [9.17, 15) is 9.18 Å². The maximum absolute atomic E-state index is 13.0. The maximum atomic E-state index is 13.0. The van der Waals surface area contributed by atoms with Crippen molar-refractivity contribution < 1.29 is 13.9 Å². The lowest BCUT2D eigenvalue weighted by Crippen LogP contribution is -2.10. The molecular formula is C14H10FN3O2. The smallest absolute Gasteiger partial charge is 0.345 e. The molecule has 100 valence electrons. The van der Waals surface area contributed by atoms with Crippen molar-refractivity contribution in [1.82, 2.24) is 14.6 Å². The zero-order chi connectivity index (χ0) is 14.1. The molecule has 20 heavy (non-hydrogen) atoms. The number of benzene rings is 1. The third-order valence-electron chi connectivity index (χ3n) is 2.87. The molecule has 6 heteroatoms. The number of hydrogen-bond donors (Lipinski definition) is 0. The molecule has 3 aromatic rings. The predicted octanol–water partition coefficient (Wildman–Crippen LogP) is 2.40. The van der Waals surface area contributed by atoms with E-state index in [0.29, 0.717) is 22.5 Å². The minimum absolute atomic E-state index is 0.334. The number of aryl methyl sites for hydroxylation is 1. The molecule has 2 aromatic heterocycles. The minimum atomic E-state index is -0.518. The Labute approximate surface area is 113 Å². The van der Waals surface area contributed by atoms with Gasteiger partial charge in [0.1, 0.15) is 17.9 Å². The lowest BCUT2D eigenvalue weighted by Gasteiger charge is -2.07. The SMILES string of the molecule is Cc1cc(F)ccc1OC(=O)c1ccc2nncn2c1. The van der Waals surface area contributed by atoms with Crippen LogP contribution in [0.4, 0.5) is 4.39 Å². The molecule has 0 saturated heterocycles. The Balaban J connectivity index is 1.88. The average Bonchev–Trinajstić information content (AvgIpc) is 2.89. The fourth-order valence-corrected chi connectivity index (χ4v) is 1.83. The molecule has 0 amide bonds. The van der Waals surface area contributed by atoms with Gasteiger partial charge in [-0.05, 0) is 42.8 Å². The van der Waals surface area contributed by atoms with Gasteiger partial charge >= 0.3 is 5.97 Å². The Morgan fingerprint density at radius 2 is 2.15 bits per heavy atom. The van der Waals surface area contributed by atoms with Gasteiger partial charge in [0, 0.05) is 6.20 Å². The first-order valence-corrected chi connectivity index (χ1v) is 5.91. The van der Waals surface area contributed by atoms with Crippen molar-refractivity contribution in [3.8, 4) is 5.75 Å². The second-order valence-corrected chi connectivity index (χ2v) is 4.31. The molecule has 0 aliphatic carbocycles. The summed E-state index contributed by atoms with van der Waals surface area (Å²) < 4.78 is 19.9.